The van der Waals surface area contributed by atoms with Gasteiger partial charge in [-0.25, -0.2) is 9.37 Å². The molecule has 3 aromatic heterocycles. The van der Waals surface area contributed by atoms with E-state index in [9.17, 15) is 9.18 Å². The van der Waals surface area contributed by atoms with E-state index in [4.69, 9.17) is 0 Å². The molecule has 0 fully saturated rings. The summed E-state index contributed by atoms with van der Waals surface area (Å²) in [7, 11) is 0. The van der Waals surface area contributed by atoms with Crippen LogP contribution in [-0.4, -0.2) is 27.4 Å². The zero-order valence-corrected chi connectivity index (χ0v) is 14.9. The molecule has 0 saturated heterocycles. The Kier molecular flexibility index (Phi) is 4.54. The molecule has 1 aromatic carbocycles. The summed E-state index contributed by atoms with van der Waals surface area (Å²) in [5.74, 6) is -0.530. The molecule has 2 N–H and O–H groups in total. The summed E-state index contributed by atoms with van der Waals surface area (Å²) >= 11 is 0. The van der Waals surface area contributed by atoms with Crippen LogP contribution in [0.25, 0.3) is 33.1 Å². The highest BCUT2D eigenvalue weighted by Crippen LogP contribution is 2.31. The number of nitrogens with zero attached hydrogens (tertiary/aromatic N) is 2. The van der Waals surface area contributed by atoms with Crippen molar-refractivity contribution in [2.45, 2.75) is 19.8 Å². The van der Waals surface area contributed by atoms with Crippen LogP contribution in [0.1, 0.15) is 30.1 Å². The third-order valence-corrected chi connectivity index (χ3v) is 4.58. The molecule has 27 heavy (non-hydrogen) atoms. The molecule has 0 spiro atoms. The Morgan fingerprint density at radius 1 is 1.26 bits per heavy atom. The van der Waals surface area contributed by atoms with E-state index < -0.39 is 0 Å². The van der Waals surface area contributed by atoms with E-state index >= 15 is 0 Å². The third kappa shape index (κ3) is 3.26. The predicted octanol–water partition coefficient (Wildman–Crippen LogP) is 4.45. The minimum atomic E-state index is -0.376. The van der Waals surface area contributed by atoms with Crippen LogP contribution in [0.2, 0.25) is 0 Å². The van der Waals surface area contributed by atoms with Gasteiger partial charge in [0.05, 0.1) is 5.56 Å². The first-order valence-electron chi connectivity index (χ1n) is 8.97. The van der Waals surface area contributed by atoms with Crippen molar-refractivity contribution in [2.24, 2.45) is 0 Å². The number of nitrogens with one attached hydrogen (secondary N) is 2. The number of aromatic nitrogens is 3. The molecule has 3 heterocycles. The van der Waals surface area contributed by atoms with Crippen molar-refractivity contribution in [2.75, 3.05) is 6.54 Å². The van der Waals surface area contributed by atoms with Crippen LogP contribution < -0.4 is 5.32 Å². The molecule has 5 nitrogen and oxygen atoms in total. The average Bonchev–Trinajstić information content (AvgIpc) is 3.11. The summed E-state index contributed by atoms with van der Waals surface area (Å²) in [6.07, 6.45) is 6.86. The van der Waals surface area contributed by atoms with Gasteiger partial charge < -0.3 is 10.3 Å². The lowest BCUT2D eigenvalue weighted by atomic mass is 10.0. The van der Waals surface area contributed by atoms with Gasteiger partial charge in [0.2, 0.25) is 0 Å². The maximum absolute atomic E-state index is 14.5. The van der Waals surface area contributed by atoms with Crippen molar-refractivity contribution in [3.8, 4) is 11.1 Å². The van der Waals surface area contributed by atoms with Crippen LogP contribution in [0.5, 0.6) is 0 Å². The van der Waals surface area contributed by atoms with E-state index in [-0.39, 0.29) is 11.7 Å². The van der Waals surface area contributed by atoms with E-state index in [0.29, 0.717) is 28.8 Å². The van der Waals surface area contributed by atoms with Gasteiger partial charge >= 0.3 is 0 Å². The highest BCUT2D eigenvalue weighted by molar-refractivity contribution is 6.01. The van der Waals surface area contributed by atoms with Crippen LogP contribution in [0.4, 0.5) is 4.39 Å². The Morgan fingerprint density at radius 2 is 2.15 bits per heavy atom. The molecular formula is C21H19FN4O. The molecule has 0 aliphatic rings. The normalized spacial score (nSPS) is 11.2. The number of hydrogen-bond donors (Lipinski definition) is 2. The smallest absolute Gasteiger partial charge is 0.252 e. The molecular weight excluding hydrogens is 343 g/mol. The highest BCUT2D eigenvalue weighted by atomic mass is 19.1. The number of H-pyrrole nitrogens is 1. The van der Waals surface area contributed by atoms with Crippen LogP contribution in [0.15, 0.2) is 48.9 Å². The van der Waals surface area contributed by atoms with Crippen molar-refractivity contribution in [3.63, 3.8) is 0 Å². The van der Waals surface area contributed by atoms with Crippen molar-refractivity contribution < 1.29 is 9.18 Å². The van der Waals surface area contributed by atoms with Crippen LogP contribution >= 0.6 is 0 Å². The highest BCUT2D eigenvalue weighted by Gasteiger charge is 2.14. The second kappa shape index (κ2) is 7.15. The Bertz CT molecular complexity index is 1140. The largest absolute Gasteiger partial charge is 0.352 e. The minimum absolute atomic E-state index is 0.154. The summed E-state index contributed by atoms with van der Waals surface area (Å²) in [4.78, 5) is 23.9. The summed E-state index contributed by atoms with van der Waals surface area (Å²) in [5.41, 5.74) is 2.99. The summed E-state index contributed by atoms with van der Waals surface area (Å²) in [6, 6.07) is 8.75. The molecule has 0 bridgehead atoms. The topological polar surface area (TPSA) is 70.7 Å². The quantitative estimate of drug-likeness (QED) is 0.515. The zero-order valence-electron chi connectivity index (χ0n) is 14.9. The third-order valence-electron chi connectivity index (χ3n) is 4.58. The van der Waals surface area contributed by atoms with Gasteiger partial charge in [0, 0.05) is 41.5 Å². The van der Waals surface area contributed by atoms with Gasteiger partial charge in [-0.1, -0.05) is 19.4 Å². The van der Waals surface area contributed by atoms with Gasteiger partial charge in [-0.15, -0.1) is 0 Å². The number of halogens is 1. The van der Waals surface area contributed by atoms with Crippen molar-refractivity contribution in [1.82, 2.24) is 20.3 Å². The molecule has 4 rings (SSSR count). The summed E-state index contributed by atoms with van der Waals surface area (Å²) in [6.45, 7) is 2.71. The van der Waals surface area contributed by atoms with Gasteiger partial charge in [-0.05, 0) is 36.2 Å². The lowest BCUT2D eigenvalue weighted by molar-refractivity contribution is 0.0953. The second-order valence-corrected chi connectivity index (χ2v) is 6.47. The SMILES string of the molecule is CCCCNC(=O)c1cnc2[nH]cc(-c3cc(F)c4ncccc4c3)c2c1. The van der Waals surface area contributed by atoms with Crippen molar-refractivity contribution in [1.29, 1.82) is 0 Å². The summed E-state index contributed by atoms with van der Waals surface area (Å²) in [5, 5.41) is 4.40. The molecule has 1 amide bonds. The monoisotopic (exact) mass is 362 g/mol. The Hall–Kier alpha value is -3.28. The van der Waals surface area contributed by atoms with E-state index in [1.165, 1.54) is 6.07 Å². The molecule has 6 heteroatoms. The number of amides is 1. The van der Waals surface area contributed by atoms with Crippen LogP contribution in [-0.2, 0) is 0 Å². The number of rotatable bonds is 5. The van der Waals surface area contributed by atoms with Gasteiger partial charge in [-0.2, -0.15) is 0 Å². The number of carbonyl (C=O) groups excluding carboxylic acids is 1. The van der Waals surface area contributed by atoms with E-state index in [1.807, 2.05) is 12.1 Å². The predicted molar refractivity (Wildman–Crippen MR) is 104 cm³/mol. The first kappa shape index (κ1) is 17.1. The molecule has 0 radical (unpaired) electrons. The maximum atomic E-state index is 14.5. The molecule has 0 aliphatic heterocycles. The van der Waals surface area contributed by atoms with E-state index in [1.54, 1.807) is 30.7 Å². The number of unbranched alkanes of at least 4 members (excludes halogenated alkanes) is 1. The van der Waals surface area contributed by atoms with E-state index in [2.05, 4.69) is 27.2 Å². The van der Waals surface area contributed by atoms with Crippen molar-refractivity contribution in [3.05, 3.63) is 60.3 Å². The van der Waals surface area contributed by atoms with Gasteiger partial charge in [0.25, 0.3) is 5.91 Å². The van der Waals surface area contributed by atoms with Crippen LogP contribution in [0.3, 0.4) is 0 Å². The van der Waals surface area contributed by atoms with Gasteiger partial charge in [-0.3, -0.25) is 9.78 Å². The summed E-state index contributed by atoms with van der Waals surface area (Å²) < 4.78 is 14.5. The fraction of sp³-hybridized carbons (Fsp3) is 0.190. The number of hydrogen-bond acceptors (Lipinski definition) is 3. The first-order valence-corrected chi connectivity index (χ1v) is 8.97. The Balaban J connectivity index is 1.76. The molecule has 0 atom stereocenters. The van der Waals surface area contributed by atoms with Crippen LogP contribution in [0, 0.1) is 5.82 Å². The standard InChI is InChI=1S/C21H19FN4O/c1-2-3-6-24-21(27)15-9-16-17(12-26-20(16)25-11-15)14-8-13-5-4-7-23-19(13)18(22)10-14/h4-5,7-12H,2-3,6H2,1H3,(H,24,27)(H,25,26). The van der Waals surface area contributed by atoms with Gasteiger partial charge in [0.1, 0.15) is 17.0 Å². The van der Waals surface area contributed by atoms with E-state index in [0.717, 1.165) is 29.2 Å². The molecule has 4 aromatic rings. The molecule has 0 unspecified atom stereocenters. The molecule has 0 saturated carbocycles. The second-order valence-electron chi connectivity index (χ2n) is 6.47. The number of pyridine rings is 2. The number of carbonyl (C=O) groups is 1. The maximum Gasteiger partial charge on any atom is 0.252 e. The fourth-order valence-electron chi connectivity index (χ4n) is 3.15. The lowest BCUT2D eigenvalue weighted by Gasteiger charge is -2.06. The Labute approximate surface area is 155 Å². The number of aromatic amines is 1. The fourth-order valence-corrected chi connectivity index (χ4v) is 3.15. The minimum Gasteiger partial charge on any atom is -0.352 e. The molecule has 0 aliphatic carbocycles. The lowest BCUT2D eigenvalue weighted by Crippen LogP contribution is -2.24. The Morgan fingerprint density at radius 3 is 3.00 bits per heavy atom. The first-order chi connectivity index (χ1) is 13.2. The van der Waals surface area contributed by atoms with Crippen molar-refractivity contribution >= 4 is 27.8 Å². The number of benzene rings is 1. The number of fused-ring (bicyclic) bond motifs is 2. The average molecular weight is 362 g/mol. The molecule has 136 valence electrons. The van der Waals surface area contributed by atoms with Gasteiger partial charge in [0.15, 0.2) is 0 Å². The zero-order chi connectivity index (χ0) is 18.8.